The molecule has 5 nitrogen and oxygen atoms in total. The third kappa shape index (κ3) is 3.37. The topological polar surface area (TPSA) is 56.5 Å². The predicted octanol–water partition coefficient (Wildman–Crippen LogP) is 4.62. The van der Waals surface area contributed by atoms with Crippen LogP contribution in [0.5, 0.6) is 0 Å². The summed E-state index contributed by atoms with van der Waals surface area (Å²) < 4.78 is 48.8. The monoisotopic (exact) mass is 388 g/mol. The molecule has 0 aliphatic rings. The molecule has 0 aliphatic carbocycles. The highest BCUT2D eigenvalue weighted by atomic mass is 32.2. The van der Waals surface area contributed by atoms with E-state index >= 15 is 0 Å². The molecule has 0 N–H and O–H groups in total. The Morgan fingerprint density at radius 1 is 1.15 bits per heavy atom. The molecule has 0 saturated carbocycles. The summed E-state index contributed by atoms with van der Waals surface area (Å²) in [5, 5.41) is 5.41. The standard InChI is InChI=1S/C18H12F3N5S/c1-27-17-22-8-7-15(25-17)26-16-12(10-23-26)5-6-14(24-16)11-3-2-4-13(9-11)18(19,20)21/h2-10H,1H3/i6D. The Bertz CT molecular complexity index is 1180. The zero-order chi connectivity index (χ0) is 19.9. The molecule has 0 saturated heterocycles. The molecule has 0 amide bonds. The minimum atomic E-state index is -4.47. The van der Waals surface area contributed by atoms with E-state index in [0.717, 1.165) is 12.1 Å². The maximum atomic E-state index is 13.0. The van der Waals surface area contributed by atoms with Crippen molar-refractivity contribution in [2.24, 2.45) is 0 Å². The maximum Gasteiger partial charge on any atom is 0.416 e. The first-order valence-electron chi connectivity index (χ1n) is 8.27. The number of fused-ring (bicyclic) bond motifs is 1. The van der Waals surface area contributed by atoms with Crippen molar-refractivity contribution in [2.45, 2.75) is 11.3 Å². The fraction of sp³-hybridized carbons (Fsp3) is 0.111. The van der Waals surface area contributed by atoms with Gasteiger partial charge in [-0.15, -0.1) is 0 Å². The van der Waals surface area contributed by atoms with Crippen molar-refractivity contribution in [3.8, 4) is 17.1 Å². The number of rotatable bonds is 3. The van der Waals surface area contributed by atoms with Crippen molar-refractivity contribution < 1.29 is 14.5 Å². The normalized spacial score (nSPS) is 12.4. The third-order valence-corrected chi connectivity index (χ3v) is 4.40. The molecule has 136 valence electrons. The summed E-state index contributed by atoms with van der Waals surface area (Å²) in [7, 11) is 0. The van der Waals surface area contributed by atoms with Crippen molar-refractivity contribution in [3.63, 3.8) is 0 Å². The van der Waals surface area contributed by atoms with E-state index in [1.807, 2.05) is 6.26 Å². The first-order valence-corrected chi connectivity index (χ1v) is 9.00. The minimum absolute atomic E-state index is 0.0128. The van der Waals surface area contributed by atoms with Gasteiger partial charge in [0, 0.05) is 23.2 Å². The Morgan fingerprint density at radius 3 is 2.78 bits per heavy atom. The molecule has 0 aliphatic heterocycles. The number of hydrogen-bond donors (Lipinski definition) is 0. The summed E-state index contributed by atoms with van der Waals surface area (Å²) in [6.07, 6.45) is 0.501. The molecule has 3 aromatic heterocycles. The maximum absolute atomic E-state index is 13.0. The third-order valence-electron chi connectivity index (χ3n) is 3.83. The minimum Gasteiger partial charge on any atom is -0.231 e. The fourth-order valence-electron chi connectivity index (χ4n) is 2.56. The lowest BCUT2D eigenvalue weighted by molar-refractivity contribution is -0.137. The molecular formula is C18H12F3N5S. The van der Waals surface area contributed by atoms with E-state index in [9.17, 15) is 13.2 Å². The van der Waals surface area contributed by atoms with Crippen LogP contribution in [0.15, 0.2) is 60.0 Å². The molecular weight excluding hydrogens is 375 g/mol. The van der Waals surface area contributed by atoms with Gasteiger partial charge < -0.3 is 0 Å². The van der Waals surface area contributed by atoms with Crippen molar-refractivity contribution in [3.05, 3.63) is 60.4 Å². The van der Waals surface area contributed by atoms with Crippen molar-refractivity contribution in [1.82, 2.24) is 24.7 Å². The van der Waals surface area contributed by atoms with E-state index in [0.29, 0.717) is 22.0 Å². The number of alkyl halides is 3. The molecule has 0 radical (unpaired) electrons. The van der Waals surface area contributed by atoms with Crippen LogP contribution in [0.4, 0.5) is 13.2 Å². The summed E-state index contributed by atoms with van der Waals surface area (Å²) in [6.45, 7) is 0. The van der Waals surface area contributed by atoms with E-state index < -0.39 is 11.7 Å². The Labute approximate surface area is 157 Å². The van der Waals surface area contributed by atoms with Crippen LogP contribution in [0, 0.1) is 0 Å². The zero-order valence-electron chi connectivity index (χ0n) is 14.9. The van der Waals surface area contributed by atoms with Crippen LogP contribution in [0.1, 0.15) is 6.93 Å². The molecule has 3 heterocycles. The molecule has 0 unspecified atom stereocenters. The number of hydrogen-bond acceptors (Lipinski definition) is 5. The summed E-state index contributed by atoms with van der Waals surface area (Å²) in [5.41, 5.74) is -0.0455. The first kappa shape index (κ1) is 16.2. The molecule has 0 bridgehead atoms. The van der Waals surface area contributed by atoms with E-state index in [2.05, 4.69) is 20.1 Å². The average molecular weight is 388 g/mol. The molecule has 1 aromatic carbocycles. The number of nitrogens with zero attached hydrogens (tertiary/aromatic N) is 5. The lowest BCUT2D eigenvalue weighted by Crippen LogP contribution is -2.05. The average Bonchev–Trinajstić information content (AvgIpc) is 3.09. The molecule has 27 heavy (non-hydrogen) atoms. The van der Waals surface area contributed by atoms with Crippen LogP contribution < -0.4 is 0 Å². The zero-order valence-corrected chi connectivity index (χ0v) is 14.7. The van der Waals surface area contributed by atoms with Crippen molar-refractivity contribution in [1.29, 1.82) is 0 Å². The number of benzene rings is 1. The van der Waals surface area contributed by atoms with Crippen LogP contribution >= 0.6 is 11.8 Å². The molecule has 9 heteroatoms. The van der Waals surface area contributed by atoms with Crippen LogP contribution in [-0.4, -0.2) is 31.0 Å². The summed E-state index contributed by atoms with van der Waals surface area (Å²) in [5.74, 6) is 0.481. The second kappa shape index (κ2) is 6.66. The second-order valence-corrected chi connectivity index (χ2v) is 6.34. The van der Waals surface area contributed by atoms with Crippen LogP contribution in [0.2, 0.25) is 0 Å². The van der Waals surface area contributed by atoms with Gasteiger partial charge in [-0.1, -0.05) is 23.9 Å². The number of aromatic nitrogens is 5. The van der Waals surface area contributed by atoms with Gasteiger partial charge in [-0.25, -0.2) is 15.0 Å². The van der Waals surface area contributed by atoms with Crippen molar-refractivity contribution >= 4 is 22.8 Å². The highest BCUT2D eigenvalue weighted by molar-refractivity contribution is 7.98. The summed E-state index contributed by atoms with van der Waals surface area (Å²) in [6, 6.07) is 7.97. The Balaban J connectivity index is 1.88. The molecule has 4 aromatic rings. The first-order chi connectivity index (χ1) is 13.4. The van der Waals surface area contributed by atoms with Crippen LogP contribution in [0.25, 0.3) is 28.1 Å². The van der Waals surface area contributed by atoms with Gasteiger partial charge in [0.05, 0.1) is 18.8 Å². The second-order valence-electron chi connectivity index (χ2n) is 5.56. The Morgan fingerprint density at radius 2 is 2.00 bits per heavy atom. The van der Waals surface area contributed by atoms with Gasteiger partial charge in [0.25, 0.3) is 0 Å². The number of pyridine rings is 1. The molecule has 0 atom stereocenters. The van der Waals surface area contributed by atoms with Crippen LogP contribution in [0.3, 0.4) is 0 Å². The van der Waals surface area contributed by atoms with Gasteiger partial charge in [-0.2, -0.15) is 23.0 Å². The van der Waals surface area contributed by atoms with E-state index in [-0.39, 0.29) is 17.3 Å². The van der Waals surface area contributed by atoms with Gasteiger partial charge in [-0.05, 0) is 30.5 Å². The molecule has 0 fully saturated rings. The number of halogens is 3. The van der Waals surface area contributed by atoms with Gasteiger partial charge >= 0.3 is 6.18 Å². The van der Waals surface area contributed by atoms with E-state index in [4.69, 9.17) is 1.37 Å². The Hall–Kier alpha value is -2.94. The highest BCUT2D eigenvalue weighted by Crippen LogP contribution is 2.32. The van der Waals surface area contributed by atoms with E-state index in [1.54, 1.807) is 12.3 Å². The van der Waals surface area contributed by atoms with Crippen molar-refractivity contribution in [2.75, 3.05) is 6.26 Å². The summed E-state index contributed by atoms with van der Waals surface area (Å²) in [4.78, 5) is 12.9. The largest absolute Gasteiger partial charge is 0.416 e. The van der Waals surface area contributed by atoms with Gasteiger partial charge in [0.1, 0.15) is 0 Å². The molecule has 4 rings (SSSR count). The Kier molecular flexibility index (Phi) is 4.01. The molecule has 0 spiro atoms. The van der Waals surface area contributed by atoms with Gasteiger partial charge in [0.15, 0.2) is 16.6 Å². The fourth-order valence-corrected chi connectivity index (χ4v) is 2.91. The predicted molar refractivity (Wildman–Crippen MR) is 96.7 cm³/mol. The summed E-state index contributed by atoms with van der Waals surface area (Å²) >= 11 is 1.37. The highest BCUT2D eigenvalue weighted by Gasteiger charge is 2.30. The van der Waals surface area contributed by atoms with Gasteiger partial charge in [0.2, 0.25) is 0 Å². The number of thioether (sulfide) groups is 1. The van der Waals surface area contributed by atoms with Gasteiger partial charge in [-0.3, -0.25) is 0 Å². The quantitative estimate of drug-likeness (QED) is 0.379. The lowest BCUT2D eigenvalue weighted by Gasteiger charge is -2.09. The van der Waals surface area contributed by atoms with E-state index in [1.165, 1.54) is 40.8 Å². The smallest absolute Gasteiger partial charge is 0.231 e. The van der Waals surface area contributed by atoms with Crippen LogP contribution in [-0.2, 0) is 6.18 Å². The lowest BCUT2D eigenvalue weighted by atomic mass is 10.1. The SMILES string of the molecule is [2H]c1cc2cnn(-c3ccnc(SC)n3)c2nc1-c1cccc(C(F)(F)F)c1.